The highest BCUT2D eigenvalue weighted by Gasteiger charge is 2.60. The highest BCUT2D eigenvalue weighted by Crippen LogP contribution is 2.42. The molecule has 0 N–H and O–H groups in total. The minimum atomic E-state index is -2.75. The van der Waals surface area contributed by atoms with E-state index in [1.54, 1.807) is 84.9 Å². The number of amides is 1. The summed E-state index contributed by atoms with van der Waals surface area (Å²) in [5.41, 5.74) is -1.88. The Morgan fingerprint density at radius 1 is 1.03 bits per heavy atom. The van der Waals surface area contributed by atoms with Gasteiger partial charge in [-0.2, -0.15) is 10.1 Å². The van der Waals surface area contributed by atoms with Gasteiger partial charge in [0.1, 0.15) is 11.5 Å². The average Bonchev–Trinajstić information content (AvgIpc) is 3.10. The Balaban J connectivity index is 1.90. The van der Waals surface area contributed by atoms with Gasteiger partial charge in [-0.1, -0.05) is 48.5 Å². The molecule has 1 aliphatic rings. The Morgan fingerprint density at radius 2 is 1.62 bits per heavy atom. The van der Waals surface area contributed by atoms with Crippen LogP contribution >= 0.6 is 0 Å². The standard InChI is InChI=1S/C24H20FN3O4/c1-32-20-14-12-18(13-15-20)22-24(25,21(16-27(30)31)17-8-4-2-5-9-17)23(29)28(26-22)19-10-6-3-7-11-19/h2-15,21H,16H2,1H3/t21-,24+/m1/s1. The van der Waals surface area contributed by atoms with Crippen LogP contribution in [-0.2, 0) is 4.79 Å². The first-order valence-electron chi connectivity index (χ1n) is 9.94. The van der Waals surface area contributed by atoms with Gasteiger partial charge in [0.2, 0.25) is 12.2 Å². The van der Waals surface area contributed by atoms with Gasteiger partial charge in [-0.15, -0.1) is 0 Å². The van der Waals surface area contributed by atoms with Gasteiger partial charge in [0.25, 0.3) is 5.91 Å². The van der Waals surface area contributed by atoms with Crippen LogP contribution in [0, 0.1) is 10.1 Å². The van der Waals surface area contributed by atoms with Crippen LogP contribution in [-0.4, -0.2) is 35.9 Å². The summed E-state index contributed by atoms with van der Waals surface area (Å²) in [6.45, 7) is -0.774. The summed E-state index contributed by atoms with van der Waals surface area (Å²) in [6, 6.07) is 23.1. The second-order valence-corrected chi connectivity index (χ2v) is 7.32. The molecule has 0 spiro atoms. The van der Waals surface area contributed by atoms with E-state index in [1.807, 2.05) is 0 Å². The molecular weight excluding hydrogens is 413 g/mol. The maximum atomic E-state index is 17.0. The van der Waals surface area contributed by atoms with Crippen molar-refractivity contribution < 1.29 is 18.8 Å². The zero-order chi connectivity index (χ0) is 22.7. The van der Waals surface area contributed by atoms with Gasteiger partial charge in [0.05, 0.1) is 18.7 Å². The number of benzene rings is 3. The van der Waals surface area contributed by atoms with Crippen LogP contribution in [0.25, 0.3) is 0 Å². The van der Waals surface area contributed by atoms with Crippen LogP contribution in [0.15, 0.2) is 90.0 Å². The smallest absolute Gasteiger partial charge is 0.292 e. The van der Waals surface area contributed by atoms with Crippen molar-refractivity contribution in [2.75, 3.05) is 18.7 Å². The Kier molecular flexibility index (Phi) is 5.68. The first kappa shape index (κ1) is 21.2. The second kappa shape index (κ2) is 8.58. The van der Waals surface area contributed by atoms with E-state index < -0.39 is 29.0 Å². The molecule has 0 bridgehead atoms. The molecule has 0 saturated carbocycles. The molecule has 0 saturated heterocycles. The van der Waals surface area contributed by atoms with Crippen LogP contribution in [0.3, 0.4) is 0 Å². The molecule has 0 aliphatic carbocycles. The quantitative estimate of drug-likeness (QED) is 0.413. The maximum absolute atomic E-state index is 17.0. The Hall–Kier alpha value is -4.07. The minimum Gasteiger partial charge on any atom is -0.497 e. The molecule has 8 heteroatoms. The molecule has 1 aliphatic heterocycles. The number of nitrogens with zero attached hydrogens (tertiary/aromatic N) is 3. The van der Waals surface area contributed by atoms with Crippen molar-refractivity contribution in [1.82, 2.24) is 0 Å². The molecule has 1 amide bonds. The lowest BCUT2D eigenvalue weighted by atomic mass is 9.78. The first-order chi connectivity index (χ1) is 15.4. The van der Waals surface area contributed by atoms with E-state index in [4.69, 9.17) is 4.74 Å². The molecule has 0 radical (unpaired) electrons. The van der Waals surface area contributed by atoms with E-state index in [1.165, 1.54) is 7.11 Å². The number of nitro groups is 1. The van der Waals surface area contributed by atoms with E-state index in [2.05, 4.69) is 5.10 Å². The Morgan fingerprint density at radius 3 is 2.19 bits per heavy atom. The molecule has 0 aromatic heterocycles. The fourth-order valence-electron chi connectivity index (χ4n) is 3.84. The monoisotopic (exact) mass is 433 g/mol. The van der Waals surface area contributed by atoms with Gasteiger partial charge < -0.3 is 4.74 Å². The van der Waals surface area contributed by atoms with Crippen LogP contribution in [0.1, 0.15) is 17.0 Å². The van der Waals surface area contributed by atoms with Crippen LogP contribution in [0.2, 0.25) is 0 Å². The average molecular weight is 433 g/mol. The predicted octanol–water partition coefficient (Wildman–Crippen LogP) is 4.21. The van der Waals surface area contributed by atoms with Crippen molar-refractivity contribution in [1.29, 1.82) is 0 Å². The zero-order valence-corrected chi connectivity index (χ0v) is 17.2. The molecule has 4 rings (SSSR count). The van der Waals surface area contributed by atoms with Crippen molar-refractivity contribution in [3.05, 3.63) is 106 Å². The lowest BCUT2D eigenvalue weighted by Gasteiger charge is -2.28. The van der Waals surface area contributed by atoms with Gasteiger partial charge >= 0.3 is 0 Å². The molecule has 162 valence electrons. The Labute approximate surface area is 183 Å². The highest BCUT2D eigenvalue weighted by molar-refractivity contribution is 6.28. The van der Waals surface area contributed by atoms with E-state index in [0.717, 1.165) is 5.01 Å². The van der Waals surface area contributed by atoms with Gasteiger partial charge in [-0.25, -0.2) is 4.39 Å². The maximum Gasteiger partial charge on any atom is 0.292 e. The number of ether oxygens (including phenoxy) is 1. The molecule has 0 fully saturated rings. The number of carbonyl (C=O) groups excluding carboxylic acids is 1. The number of hydrazone groups is 1. The highest BCUT2D eigenvalue weighted by atomic mass is 19.1. The molecule has 3 aromatic carbocycles. The fourth-order valence-corrected chi connectivity index (χ4v) is 3.84. The lowest BCUT2D eigenvalue weighted by Crippen LogP contribution is -2.50. The molecule has 7 nitrogen and oxygen atoms in total. The second-order valence-electron chi connectivity index (χ2n) is 7.32. The number of carbonyl (C=O) groups is 1. The molecule has 2 atom stereocenters. The van der Waals surface area contributed by atoms with Crippen molar-refractivity contribution >= 4 is 17.3 Å². The largest absolute Gasteiger partial charge is 0.497 e. The summed E-state index contributed by atoms with van der Waals surface area (Å²) in [4.78, 5) is 24.4. The minimum absolute atomic E-state index is 0.176. The molecule has 3 aromatic rings. The third-order valence-corrected chi connectivity index (χ3v) is 5.43. The summed E-state index contributed by atoms with van der Waals surface area (Å²) in [7, 11) is 1.50. The number of hydrogen-bond donors (Lipinski definition) is 0. The number of halogens is 1. The van der Waals surface area contributed by atoms with Crippen molar-refractivity contribution in [2.45, 2.75) is 11.6 Å². The normalized spacial score (nSPS) is 18.9. The zero-order valence-electron chi connectivity index (χ0n) is 17.2. The summed E-state index contributed by atoms with van der Waals surface area (Å²) < 4.78 is 22.2. The van der Waals surface area contributed by atoms with E-state index in [0.29, 0.717) is 22.6 Å². The number of alkyl halides is 1. The van der Waals surface area contributed by atoms with Gasteiger partial charge in [-0.05, 0) is 42.0 Å². The lowest BCUT2D eigenvalue weighted by molar-refractivity contribution is -0.485. The summed E-state index contributed by atoms with van der Waals surface area (Å²) in [5.74, 6) is -1.79. The number of anilines is 1. The fraction of sp³-hybridized carbons (Fsp3) is 0.167. The molecular formula is C24H20FN3O4. The number of para-hydroxylation sites is 1. The van der Waals surface area contributed by atoms with E-state index in [9.17, 15) is 14.9 Å². The van der Waals surface area contributed by atoms with Gasteiger partial charge in [0, 0.05) is 10.5 Å². The number of hydrogen-bond acceptors (Lipinski definition) is 5. The SMILES string of the molecule is COc1ccc(C2=NN(c3ccccc3)C(=O)[C@]2(F)[C@H](C[N+](=O)[O-])c2ccccc2)cc1. The van der Waals surface area contributed by atoms with E-state index in [-0.39, 0.29) is 5.71 Å². The third kappa shape index (κ3) is 3.71. The van der Waals surface area contributed by atoms with Crippen LogP contribution < -0.4 is 9.75 Å². The Bertz CT molecular complexity index is 1150. The van der Waals surface area contributed by atoms with Crippen LogP contribution in [0.4, 0.5) is 10.1 Å². The first-order valence-corrected chi connectivity index (χ1v) is 9.94. The van der Waals surface area contributed by atoms with Gasteiger partial charge in [-0.3, -0.25) is 14.9 Å². The molecule has 32 heavy (non-hydrogen) atoms. The summed E-state index contributed by atoms with van der Waals surface area (Å²) >= 11 is 0. The summed E-state index contributed by atoms with van der Waals surface area (Å²) in [6.07, 6.45) is 0. The van der Waals surface area contributed by atoms with Crippen molar-refractivity contribution in [3.63, 3.8) is 0 Å². The van der Waals surface area contributed by atoms with Crippen molar-refractivity contribution in [3.8, 4) is 5.75 Å². The summed E-state index contributed by atoms with van der Waals surface area (Å²) in [5, 5.41) is 16.8. The molecule has 0 unspecified atom stereocenters. The van der Waals surface area contributed by atoms with E-state index >= 15 is 4.39 Å². The molecule has 1 heterocycles. The van der Waals surface area contributed by atoms with Crippen molar-refractivity contribution in [2.24, 2.45) is 5.10 Å². The predicted molar refractivity (Wildman–Crippen MR) is 118 cm³/mol. The number of rotatable bonds is 7. The topological polar surface area (TPSA) is 85.0 Å². The number of methoxy groups -OCH3 is 1. The van der Waals surface area contributed by atoms with Gasteiger partial charge in [0.15, 0.2) is 0 Å². The van der Waals surface area contributed by atoms with Crippen LogP contribution in [0.5, 0.6) is 5.75 Å². The third-order valence-electron chi connectivity index (χ3n) is 5.43.